The summed E-state index contributed by atoms with van der Waals surface area (Å²) in [6.07, 6.45) is -0.905. The van der Waals surface area contributed by atoms with Gasteiger partial charge in [-0.2, -0.15) is 8.42 Å². The number of ether oxygens (including phenoxy) is 2. The van der Waals surface area contributed by atoms with Crippen molar-refractivity contribution < 1.29 is 32.0 Å². The average molecular weight is 280 g/mol. The minimum Gasteiger partial charge on any atom is -0.464 e. The summed E-state index contributed by atoms with van der Waals surface area (Å²) in [7, 11) is -4.15. The molecule has 104 valence electrons. The van der Waals surface area contributed by atoms with Crippen LogP contribution in [0.15, 0.2) is 12.2 Å². The lowest BCUT2D eigenvalue weighted by Gasteiger charge is -2.12. The van der Waals surface area contributed by atoms with Crippen LogP contribution >= 0.6 is 0 Å². The van der Waals surface area contributed by atoms with E-state index in [1.54, 1.807) is 0 Å². The first-order valence-electron chi connectivity index (χ1n) is 5.09. The maximum Gasteiger partial charge on any atom is 0.333 e. The van der Waals surface area contributed by atoms with Crippen molar-refractivity contribution in [1.82, 2.24) is 0 Å². The van der Waals surface area contributed by atoms with Crippen LogP contribution in [0.4, 0.5) is 0 Å². The van der Waals surface area contributed by atoms with Crippen LogP contribution in [0.5, 0.6) is 0 Å². The highest BCUT2D eigenvalue weighted by molar-refractivity contribution is 7.85. The molecule has 0 saturated heterocycles. The lowest BCUT2D eigenvalue weighted by Crippen LogP contribution is -2.22. The molecule has 0 bridgehead atoms. The Labute approximate surface area is 106 Å². The largest absolute Gasteiger partial charge is 0.464 e. The Morgan fingerprint density at radius 1 is 1.39 bits per heavy atom. The number of esters is 2. The third-order valence-corrected chi connectivity index (χ3v) is 2.40. The summed E-state index contributed by atoms with van der Waals surface area (Å²) >= 11 is 0. The van der Waals surface area contributed by atoms with Crippen molar-refractivity contribution in [3.05, 3.63) is 12.2 Å². The van der Waals surface area contributed by atoms with Gasteiger partial charge < -0.3 is 9.47 Å². The summed E-state index contributed by atoms with van der Waals surface area (Å²) in [5.41, 5.74) is 0.210. The average Bonchev–Trinajstić information content (AvgIpc) is 2.14. The zero-order chi connectivity index (χ0) is 14.3. The summed E-state index contributed by atoms with van der Waals surface area (Å²) < 4.78 is 38.4. The Kier molecular flexibility index (Phi) is 6.56. The van der Waals surface area contributed by atoms with Crippen LogP contribution in [-0.4, -0.2) is 43.4 Å². The normalized spacial score (nSPS) is 12.6. The van der Waals surface area contributed by atoms with Gasteiger partial charge in [-0.1, -0.05) is 6.58 Å². The molecule has 7 nitrogen and oxygen atoms in total. The standard InChI is InChI=1S/C10H16O7S/c1-7(2)10(12)17-8(3)6-9(11)16-4-5-18(13,14)15/h8H,1,4-6H2,2-3H3,(H,13,14,15). The van der Waals surface area contributed by atoms with E-state index in [0.29, 0.717) is 0 Å². The highest BCUT2D eigenvalue weighted by atomic mass is 32.2. The van der Waals surface area contributed by atoms with Crippen molar-refractivity contribution in [1.29, 1.82) is 0 Å². The summed E-state index contributed by atoms with van der Waals surface area (Å²) in [5, 5.41) is 0. The van der Waals surface area contributed by atoms with Crippen LogP contribution < -0.4 is 0 Å². The molecular formula is C10H16O7S. The number of hydrogen-bond acceptors (Lipinski definition) is 6. The van der Waals surface area contributed by atoms with E-state index in [1.807, 2.05) is 0 Å². The summed E-state index contributed by atoms with van der Waals surface area (Å²) in [6.45, 7) is 5.90. The zero-order valence-electron chi connectivity index (χ0n) is 10.2. The van der Waals surface area contributed by atoms with Gasteiger partial charge in [-0.05, 0) is 13.8 Å². The number of carbonyl (C=O) groups is 2. The molecule has 0 aliphatic rings. The Morgan fingerprint density at radius 2 is 1.94 bits per heavy atom. The van der Waals surface area contributed by atoms with Crippen molar-refractivity contribution in [3.8, 4) is 0 Å². The molecule has 0 amide bonds. The molecule has 1 N–H and O–H groups in total. The Hall–Kier alpha value is -1.41. The molecule has 0 aromatic carbocycles. The predicted molar refractivity (Wildman–Crippen MR) is 62.4 cm³/mol. The molecule has 0 fully saturated rings. The summed E-state index contributed by atoms with van der Waals surface area (Å²) in [6, 6.07) is 0. The van der Waals surface area contributed by atoms with Gasteiger partial charge in [-0.25, -0.2) is 4.79 Å². The van der Waals surface area contributed by atoms with E-state index < -0.39 is 40.5 Å². The number of carbonyl (C=O) groups excluding carboxylic acids is 2. The number of hydrogen-bond donors (Lipinski definition) is 1. The topological polar surface area (TPSA) is 107 Å². The van der Waals surface area contributed by atoms with Gasteiger partial charge in [0, 0.05) is 5.57 Å². The second-order valence-corrected chi connectivity index (χ2v) is 5.28. The van der Waals surface area contributed by atoms with Gasteiger partial charge in [0.1, 0.15) is 18.5 Å². The molecule has 0 heterocycles. The molecule has 18 heavy (non-hydrogen) atoms. The van der Waals surface area contributed by atoms with Crippen molar-refractivity contribution in [2.24, 2.45) is 0 Å². The third kappa shape index (κ3) is 8.71. The van der Waals surface area contributed by atoms with Crippen LogP contribution in [0.2, 0.25) is 0 Å². The number of rotatable bonds is 7. The maximum atomic E-state index is 11.2. The summed E-state index contributed by atoms with van der Waals surface area (Å²) in [5.74, 6) is -2.01. The van der Waals surface area contributed by atoms with E-state index in [0.717, 1.165) is 0 Å². The second kappa shape index (κ2) is 7.12. The SMILES string of the molecule is C=C(C)C(=O)OC(C)CC(=O)OCCS(=O)(=O)O. The van der Waals surface area contributed by atoms with Gasteiger partial charge in [0.15, 0.2) is 0 Å². The van der Waals surface area contributed by atoms with Crippen LogP contribution in [0.3, 0.4) is 0 Å². The molecule has 0 radical (unpaired) electrons. The Bertz CT molecular complexity index is 424. The highest BCUT2D eigenvalue weighted by Gasteiger charge is 2.16. The molecule has 0 aliphatic carbocycles. The van der Waals surface area contributed by atoms with Crippen molar-refractivity contribution in [3.63, 3.8) is 0 Å². The third-order valence-electron chi connectivity index (χ3n) is 1.72. The molecule has 0 aromatic heterocycles. The van der Waals surface area contributed by atoms with E-state index in [-0.39, 0.29) is 12.0 Å². The molecule has 0 rings (SSSR count). The fourth-order valence-corrected chi connectivity index (χ4v) is 1.17. The van der Waals surface area contributed by atoms with Gasteiger partial charge in [-0.15, -0.1) is 0 Å². The summed E-state index contributed by atoms with van der Waals surface area (Å²) in [4.78, 5) is 22.3. The zero-order valence-corrected chi connectivity index (χ0v) is 11.0. The van der Waals surface area contributed by atoms with Crippen LogP contribution in [0.25, 0.3) is 0 Å². The van der Waals surface area contributed by atoms with E-state index in [2.05, 4.69) is 11.3 Å². The first-order chi connectivity index (χ1) is 8.11. The van der Waals surface area contributed by atoms with Crippen molar-refractivity contribution in [2.45, 2.75) is 26.4 Å². The lowest BCUT2D eigenvalue weighted by molar-refractivity contribution is -0.151. The molecule has 0 aliphatic heterocycles. The molecule has 1 unspecified atom stereocenters. The van der Waals surface area contributed by atoms with Crippen molar-refractivity contribution >= 4 is 22.1 Å². The fraction of sp³-hybridized carbons (Fsp3) is 0.600. The maximum absolute atomic E-state index is 11.2. The van der Waals surface area contributed by atoms with E-state index in [1.165, 1.54) is 13.8 Å². The molecular weight excluding hydrogens is 264 g/mol. The highest BCUT2D eigenvalue weighted by Crippen LogP contribution is 2.03. The van der Waals surface area contributed by atoms with E-state index in [4.69, 9.17) is 9.29 Å². The predicted octanol–water partition coefficient (Wildman–Crippen LogP) is 0.315. The monoisotopic (exact) mass is 280 g/mol. The smallest absolute Gasteiger partial charge is 0.333 e. The fourth-order valence-electron chi connectivity index (χ4n) is 0.879. The van der Waals surface area contributed by atoms with E-state index in [9.17, 15) is 18.0 Å². The van der Waals surface area contributed by atoms with Crippen molar-refractivity contribution in [2.75, 3.05) is 12.4 Å². The Morgan fingerprint density at radius 3 is 2.39 bits per heavy atom. The van der Waals surface area contributed by atoms with Crippen LogP contribution in [0, 0.1) is 0 Å². The molecule has 0 spiro atoms. The van der Waals surface area contributed by atoms with Gasteiger partial charge in [0.05, 0.1) is 6.42 Å². The van der Waals surface area contributed by atoms with Gasteiger partial charge >= 0.3 is 11.9 Å². The lowest BCUT2D eigenvalue weighted by atomic mass is 10.3. The molecule has 0 aromatic rings. The first-order valence-corrected chi connectivity index (χ1v) is 6.70. The van der Waals surface area contributed by atoms with Crippen LogP contribution in [0.1, 0.15) is 20.3 Å². The molecule has 1 atom stereocenters. The van der Waals surface area contributed by atoms with Crippen LogP contribution in [-0.2, 0) is 29.2 Å². The minimum absolute atomic E-state index is 0.204. The second-order valence-electron chi connectivity index (χ2n) is 3.71. The minimum atomic E-state index is -4.15. The van der Waals surface area contributed by atoms with Gasteiger partial charge in [0.25, 0.3) is 10.1 Å². The van der Waals surface area contributed by atoms with Gasteiger partial charge in [0.2, 0.25) is 0 Å². The molecule has 8 heteroatoms. The molecule has 0 saturated carbocycles. The quantitative estimate of drug-likeness (QED) is 0.406. The van der Waals surface area contributed by atoms with Gasteiger partial charge in [-0.3, -0.25) is 9.35 Å². The first kappa shape index (κ1) is 16.6. The van der Waals surface area contributed by atoms with E-state index >= 15 is 0 Å². The Balaban J connectivity index is 3.95.